The van der Waals surface area contributed by atoms with E-state index in [0.717, 1.165) is 0 Å². The van der Waals surface area contributed by atoms with E-state index in [-0.39, 0.29) is 22.5 Å². The van der Waals surface area contributed by atoms with E-state index in [1.54, 1.807) is 67.3 Å². The van der Waals surface area contributed by atoms with E-state index >= 15 is 0 Å². The highest BCUT2D eigenvalue weighted by molar-refractivity contribution is 6.07. The number of anilines is 1. The number of ether oxygens (including phenoxy) is 1. The Morgan fingerprint density at radius 3 is 2.44 bits per heavy atom. The molecule has 0 unspecified atom stereocenters. The number of non-ortho nitro benzene ring substituents is 1. The van der Waals surface area contributed by atoms with Crippen LogP contribution in [0, 0.1) is 10.1 Å². The molecule has 4 aromatic rings. The Hall–Kier alpha value is -4.46. The van der Waals surface area contributed by atoms with Gasteiger partial charge in [-0.3, -0.25) is 19.7 Å². The molecule has 1 amide bonds. The lowest BCUT2D eigenvalue weighted by atomic mass is 10.0. The molecule has 1 heterocycles. The number of para-hydroxylation sites is 1. The minimum atomic E-state index is -0.564. The van der Waals surface area contributed by atoms with Crippen LogP contribution in [0.4, 0.5) is 11.5 Å². The topological polar surface area (TPSA) is 103 Å². The van der Waals surface area contributed by atoms with Crippen LogP contribution in [0.15, 0.2) is 77.6 Å². The minimum absolute atomic E-state index is 0.112. The van der Waals surface area contributed by atoms with Crippen molar-refractivity contribution in [3.05, 3.63) is 98.7 Å². The number of aryl methyl sites for hydroxylation is 1. The molecule has 1 N–H and O–H groups in total. The van der Waals surface area contributed by atoms with Gasteiger partial charge in [0, 0.05) is 30.1 Å². The Kier molecular flexibility index (Phi) is 5.43. The number of carbonyl (C=O) groups excluding carboxylic acids is 1. The molecule has 1 aromatic heterocycles. The molecule has 0 fully saturated rings. The summed E-state index contributed by atoms with van der Waals surface area (Å²) in [5.41, 5.74) is 1.24. The second kappa shape index (κ2) is 8.35. The van der Waals surface area contributed by atoms with Crippen LogP contribution in [0.25, 0.3) is 22.0 Å². The van der Waals surface area contributed by atoms with Gasteiger partial charge in [0.2, 0.25) is 0 Å². The molecule has 0 saturated carbocycles. The van der Waals surface area contributed by atoms with Gasteiger partial charge in [0.05, 0.1) is 23.1 Å². The van der Waals surface area contributed by atoms with E-state index in [2.05, 4.69) is 5.32 Å². The third kappa shape index (κ3) is 3.69. The first kappa shape index (κ1) is 20.8. The number of benzene rings is 3. The van der Waals surface area contributed by atoms with Crippen molar-refractivity contribution in [2.45, 2.75) is 0 Å². The largest absolute Gasteiger partial charge is 0.497 e. The number of nitro benzene ring substituents is 1. The fourth-order valence-corrected chi connectivity index (χ4v) is 3.60. The normalized spacial score (nSPS) is 10.7. The number of hydrogen-bond acceptors (Lipinski definition) is 5. The van der Waals surface area contributed by atoms with Crippen molar-refractivity contribution in [2.24, 2.45) is 7.05 Å². The maximum atomic E-state index is 13.4. The maximum Gasteiger partial charge on any atom is 0.270 e. The quantitative estimate of drug-likeness (QED) is 0.375. The van der Waals surface area contributed by atoms with Crippen LogP contribution in [0.3, 0.4) is 0 Å². The highest BCUT2D eigenvalue weighted by atomic mass is 16.6. The summed E-state index contributed by atoms with van der Waals surface area (Å²) in [5.74, 6) is 0.359. The molecule has 8 heteroatoms. The molecule has 8 nitrogen and oxygen atoms in total. The molecule has 0 aliphatic heterocycles. The van der Waals surface area contributed by atoms with Crippen LogP contribution in [0.2, 0.25) is 0 Å². The lowest BCUT2D eigenvalue weighted by molar-refractivity contribution is -0.384. The molecule has 0 aliphatic rings. The number of rotatable bonds is 5. The summed E-state index contributed by atoms with van der Waals surface area (Å²) in [5, 5.41) is 14.4. The van der Waals surface area contributed by atoms with E-state index in [0.29, 0.717) is 27.8 Å². The molecule has 0 radical (unpaired) electrons. The van der Waals surface area contributed by atoms with Crippen molar-refractivity contribution in [3.63, 3.8) is 0 Å². The van der Waals surface area contributed by atoms with Gasteiger partial charge in [-0.25, -0.2) is 0 Å². The number of pyridine rings is 1. The summed E-state index contributed by atoms with van der Waals surface area (Å²) in [6.45, 7) is 0. The molecule has 3 aromatic carbocycles. The smallest absolute Gasteiger partial charge is 0.270 e. The molecule has 160 valence electrons. The van der Waals surface area contributed by atoms with Crippen molar-refractivity contribution < 1.29 is 14.5 Å². The van der Waals surface area contributed by atoms with Crippen molar-refractivity contribution >= 4 is 28.3 Å². The molecule has 0 aliphatic carbocycles. The number of fused-ring (bicyclic) bond motifs is 1. The number of hydrogen-bond donors (Lipinski definition) is 1. The SMILES string of the molecule is COc1ccc(-c2c(NC(=O)c3cccc([N+](=O)[O-])c3)n(C)c3ccccc3c2=O)cc1. The molecule has 0 spiro atoms. The first-order chi connectivity index (χ1) is 15.4. The summed E-state index contributed by atoms with van der Waals surface area (Å²) in [6.07, 6.45) is 0. The minimum Gasteiger partial charge on any atom is -0.497 e. The highest BCUT2D eigenvalue weighted by Gasteiger charge is 2.20. The van der Waals surface area contributed by atoms with Crippen LogP contribution in [-0.2, 0) is 7.05 Å². The van der Waals surface area contributed by atoms with Crippen molar-refractivity contribution in [3.8, 4) is 16.9 Å². The van der Waals surface area contributed by atoms with Crippen LogP contribution in [0.5, 0.6) is 5.75 Å². The van der Waals surface area contributed by atoms with Crippen LogP contribution >= 0.6 is 0 Å². The number of methoxy groups -OCH3 is 1. The van der Waals surface area contributed by atoms with Gasteiger partial charge in [0.1, 0.15) is 11.6 Å². The maximum absolute atomic E-state index is 13.4. The van der Waals surface area contributed by atoms with Gasteiger partial charge >= 0.3 is 0 Å². The van der Waals surface area contributed by atoms with Crippen molar-refractivity contribution in [2.75, 3.05) is 12.4 Å². The van der Waals surface area contributed by atoms with Crippen molar-refractivity contribution in [1.82, 2.24) is 4.57 Å². The second-order valence-electron chi connectivity index (χ2n) is 7.12. The van der Waals surface area contributed by atoms with Gasteiger partial charge < -0.3 is 14.6 Å². The zero-order valence-corrected chi connectivity index (χ0v) is 17.4. The molecule has 0 bridgehead atoms. The monoisotopic (exact) mass is 429 g/mol. The van der Waals surface area contributed by atoms with Crippen molar-refractivity contribution in [1.29, 1.82) is 0 Å². The number of nitro groups is 1. The summed E-state index contributed by atoms with van der Waals surface area (Å²) in [6, 6.07) is 19.5. The molecule has 0 atom stereocenters. The van der Waals surface area contributed by atoms with E-state index in [1.807, 2.05) is 0 Å². The number of aromatic nitrogens is 1. The zero-order valence-electron chi connectivity index (χ0n) is 17.4. The zero-order chi connectivity index (χ0) is 22.8. The van der Waals surface area contributed by atoms with Crippen LogP contribution in [-0.4, -0.2) is 22.5 Å². The second-order valence-corrected chi connectivity index (χ2v) is 7.12. The van der Waals surface area contributed by atoms with Gasteiger partial charge in [0.15, 0.2) is 5.43 Å². The first-order valence-corrected chi connectivity index (χ1v) is 9.72. The molecular weight excluding hydrogens is 410 g/mol. The third-order valence-electron chi connectivity index (χ3n) is 5.24. The standard InChI is InChI=1S/C24H19N3O5/c1-26-20-9-4-3-8-19(20)22(28)21(15-10-12-18(32-2)13-11-15)23(26)25-24(29)16-6-5-7-17(14-16)27(30)31/h3-14H,1-2H3,(H,25,29). The summed E-state index contributed by atoms with van der Waals surface area (Å²) in [7, 11) is 3.30. The molecular formula is C24H19N3O5. The Morgan fingerprint density at radius 2 is 1.75 bits per heavy atom. The van der Waals surface area contributed by atoms with E-state index < -0.39 is 10.8 Å². The number of nitrogens with zero attached hydrogens (tertiary/aromatic N) is 2. The third-order valence-corrected chi connectivity index (χ3v) is 5.24. The molecule has 0 saturated heterocycles. The highest BCUT2D eigenvalue weighted by Crippen LogP contribution is 2.30. The number of amides is 1. The summed E-state index contributed by atoms with van der Waals surface area (Å²) >= 11 is 0. The average Bonchev–Trinajstić information content (AvgIpc) is 2.82. The average molecular weight is 429 g/mol. The number of nitrogens with one attached hydrogen (secondary N) is 1. The van der Waals surface area contributed by atoms with Gasteiger partial charge in [0.25, 0.3) is 11.6 Å². The molecule has 4 rings (SSSR count). The fraction of sp³-hybridized carbons (Fsp3) is 0.0833. The Balaban J connectivity index is 1.90. The molecule has 32 heavy (non-hydrogen) atoms. The van der Waals surface area contributed by atoms with Gasteiger partial charge in [-0.1, -0.05) is 30.3 Å². The van der Waals surface area contributed by atoms with Gasteiger partial charge in [-0.05, 0) is 35.9 Å². The predicted octanol–water partition coefficient (Wildman–Crippen LogP) is 4.37. The van der Waals surface area contributed by atoms with Gasteiger partial charge in [-0.2, -0.15) is 0 Å². The lowest BCUT2D eigenvalue weighted by Crippen LogP contribution is -2.21. The first-order valence-electron chi connectivity index (χ1n) is 9.72. The Bertz CT molecular complexity index is 1410. The predicted molar refractivity (Wildman–Crippen MR) is 122 cm³/mol. The Morgan fingerprint density at radius 1 is 1.03 bits per heavy atom. The fourth-order valence-electron chi connectivity index (χ4n) is 3.60. The lowest BCUT2D eigenvalue weighted by Gasteiger charge is -2.18. The number of carbonyl (C=O) groups is 1. The van der Waals surface area contributed by atoms with Gasteiger partial charge in [-0.15, -0.1) is 0 Å². The summed E-state index contributed by atoms with van der Waals surface area (Å²) < 4.78 is 6.93. The van der Waals surface area contributed by atoms with E-state index in [1.165, 1.54) is 24.3 Å². The van der Waals surface area contributed by atoms with Crippen LogP contribution in [0.1, 0.15) is 10.4 Å². The summed E-state index contributed by atoms with van der Waals surface area (Å²) in [4.78, 5) is 37.0. The van der Waals surface area contributed by atoms with E-state index in [9.17, 15) is 19.7 Å². The Labute approximate surface area is 182 Å². The van der Waals surface area contributed by atoms with E-state index in [4.69, 9.17) is 4.74 Å². The van der Waals surface area contributed by atoms with Crippen LogP contribution < -0.4 is 15.5 Å².